The second-order valence-electron chi connectivity index (χ2n) is 3.92. The second-order valence-corrected chi connectivity index (χ2v) is 3.92. The Bertz CT molecular complexity index is 321. The van der Waals surface area contributed by atoms with Crippen molar-refractivity contribution in [2.24, 2.45) is 0 Å². The Hall–Kier alpha value is -1.22. The van der Waals surface area contributed by atoms with Crippen LogP contribution in [-0.2, 0) is 4.74 Å². The van der Waals surface area contributed by atoms with E-state index in [-0.39, 0.29) is 6.10 Å². The molecule has 1 aromatic carbocycles. The van der Waals surface area contributed by atoms with E-state index in [4.69, 9.17) is 14.2 Å². The minimum atomic E-state index is 0.239. The Kier molecular flexibility index (Phi) is 5.12. The lowest BCUT2D eigenvalue weighted by atomic mass is 10.2. The van der Waals surface area contributed by atoms with Crippen LogP contribution in [0.1, 0.15) is 19.4 Å². The molecule has 0 aliphatic carbocycles. The van der Waals surface area contributed by atoms with E-state index in [2.05, 4.69) is 0 Å². The van der Waals surface area contributed by atoms with Crippen molar-refractivity contribution in [1.82, 2.24) is 0 Å². The summed E-state index contributed by atoms with van der Waals surface area (Å²) in [4.78, 5) is 0. The molecule has 90 valence electrons. The highest BCUT2D eigenvalue weighted by Gasteiger charge is 2.04. The topological polar surface area (TPSA) is 27.7 Å². The summed E-state index contributed by atoms with van der Waals surface area (Å²) in [6, 6.07) is 5.88. The summed E-state index contributed by atoms with van der Waals surface area (Å²) in [7, 11) is 1.65. The van der Waals surface area contributed by atoms with Gasteiger partial charge in [-0.25, -0.2) is 0 Å². The van der Waals surface area contributed by atoms with Gasteiger partial charge in [-0.2, -0.15) is 0 Å². The molecule has 0 aliphatic rings. The second kappa shape index (κ2) is 6.38. The molecular weight excluding hydrogens is 204 g/mol. The highest BCUT2D eigenvalue weighted by Crippen LogP contribution is 2.27. The fourth-order valence-corrected chi connectivity index (χ4v) is 1.33. The van der Waals surface area contributed by atoms with Gasteiger partial charge >= 0.3 is 0 Å². The SMILES string of the molecule is COc1cc(C)ccc1OCCOC(C)C. The Morgan fingerprint density at radius 3 is 2.50 bits per heavy atom. The maximum atomic E-state index is 5.58. The molecule has 0 saturated carbocycles. The van der Waals surface area contributed by atoms with E-state index in [1.165, 1.54) is 0 Å². The summed E-state index contributed by atoms with van der Waals surface area (Å²) >= 11 is 0. The molecule has 16 heavy (non-hydrogen) atoms. The Balaban J connectivity index is 2.47. The van der Waals surface area contributed by atoms with Crippen molar-refractivity contribution in [3.8, 4) is 11.5 Å². The predicted molar refractivity (Wildman–Crippen MR) is 64.3 cm³/mol. The Morgan fingerprint density at radius 1 is 1.12 bits per heavy atom. The minimum Gasteiger partial charge on any atom is -0.493 e. The highest BCUT2D eigenvalue weighted by atomic mass is 16.5. The van der Waals surface area contributed by atoms with Crippen LogP contribution in [0.5, 0.6) is 11.5 Å². The summed E-state index contributed by atoms with van der Waals surface area (Å²) in [5.41, 5.74) is 1.16. The number of benzene rings is 1. The molecule has 0 unspecified atom stereocenters. The van der Waals surface area contributed by atoms with Crippen molar-refractivity contribution >= 4 is 0 Å². The first-order valence-electron chi connectivity index (χ1n) is 5.52. The van der Waals surface area contributed by atoms with Crippen molar-refractivity contribution in [2.45, 2.75) is 26.9 Å². The van der Waals surface area contributed by atoms with E-state index in [1.54, 1.807) is 7.11 Å². The number of aryl methyl sites for hydroxylation is 1. The van der Waals surface area contributed by atoms with E-state index in [0.29, 0.717) is 13.2 Å². The molecule has 0 saturated heterocycles. The van der Waals surface area contributed by atoms with Gasteiger partial charge in [0.2, 0.25) is 0 Å². The van der Waals surface area contributed by atoms with Crippen LogP contribution < -0.4 is 9.47 Å². The molecule has 0 bridgehead atoms. The molecule has 0 spiro atoms. The van der Waals surface area contributed by atoms with E-state index < -0.39 is 0 Å². The van der Waals surface area contributed by atoms with E-state index in [1.807, 2.05) is 39.0 Å². The van der Waals surface area contributed by atoms with Gasteiger partial charge in [-0.1, -0.05) is 6.07 Å². The van der Waals surface area contributed by atoms with Crippen molar-refractivity contribution in [1.29, 1.82) is 0 Å². The molecule has 0 amide bonds. The van der Waals surface area contributed by atoms with Crippen LogP contribution in [-0.4, -0.2) is 26.4 Å². The zero-order valence-electron chi connectivity index (χ0n) is 10.4. The van der Waals surface area contributed by atoms with Gasteiger partial charge in [-0.15, -0.1) is 0 Å². The van der Waals surface area contributed by atoms with Crippen LogP contribution in [0.25, 0.3) is 0 Å². The molecular formula is C13H20O3. The smallest absolute Gasteiger partial charge is 0.161 e. The van der Waals surface area contributed by atoms with E-state index in [0.717, 1.165) is 17.1 Å². The lowest BCUT2D eigenvalue weighted by Crippen LogP contribution is -2.11. The lowest BCUT2D eigenvalue weighted by molar-refractivity contribution is 0.0547. The van der Waals surface area contributed by atoms with Crippen LogP contribution in [0, 0.1) is 6.92 Å². The van der Waals surface area contributed by atoms with Gasteiger partial charge < -0.3 is 14.2 Å². The maximum absolute atomic E-state index is 5.58. The highest BCUT2D eigenvalue weighted by molar-refractivity contribution is 5.42. The summed E-state index contributed by atoms with van der Waals surface area (Å²) < 4.78 is 16.2. The van der Waals surface area contributed by atoms with E-state index >= 15 is 0 Å². The van der Waals surface area contributed by atoms with Gasteiger partial charge in [0.05, 0.1) is 19.8 Å². The quantitative estimate of drug-likeness (QED) is 0.695. The van der Waals surface area contributed by atoms with Crippen LogP contribution >= 0.6 is 0 Å². The number of hydrogen-bond acceptors (Lipinski definition) is 3. The molecule has 3 heteroatoms. The zero-order valence-corrected chi connectivity index (χ0v) is 10.4. The number of methoxy groups -OCH3 is 1. The fraction of sp³-hybridized carbons (Fsp3) is 0.538. The molecule has 0 atom stereocenters. The van der Waals surface area contributed by atoms with E-state index in [9.17, 15) is 0 Å². The molecule has 0 heterocycles. The van der Waals surface area contributed by atoms with Crippen molar-refractivity contribution in [2.75, 3.05) is 20.3 Å². The molecule has 0 fully saturated rings. The maximum Gasteiger partial charge on any atom is 0.161 e. The third-order valence-electron chi connectivity index (χ3n) is 2.11. The largest absolute Gasteiger partial charge is 0.493 e. The predicted octanol–water partition coefficient (Wildman–Crippen LogP) is 2.81. The number of hydrogen-bond donors (Lipinski definition) is 0. The van der Waals surface area contributed by atoms with Gasteiger partial charge in [0.25, 0.3) is 0 Å². The third kappa shape index (κ3) is 4.11. The van der Waals surface area contributed by atoms with Crippen LogP contribution in [0.15, 0.2) is 18.2 Å². The lowest BCUT2D eigenvalue weighted by Gasteiger charge is -2.12. The van der Waals surface area contributed by atoms with Gasteiger partial charge in [0.15, 0.2) is 11.5 Å². The average Bonchev–Trinajstić information content (AvgIpc) is 2.25. The van der Waals surface area contributed by atoms with Crippen LogP contribution in [0.3, 0.4) is 0 Å². The van der Waals surface area contributed by atoms with Gasteiger partial charge in [-0.05, 0) is 38.5 Å². The van der Waals surface area contributed by atoms with Gasteiger partial charge in [0.1, 0.15) is 6.61 Å². The molecule has 1 aromatic rings. The summed E-state index contributed by atoms with van der Waals surface area (Å²) in [5.74, 6) is 1.53. The molecule has 0 radical (unpaired) electrons. The minimum absolute atomic E-state index is 0.239. The standard InChI is InChI=1S/C13H20O3/c1-10(2)15-7-8-16-12-6-5-11(3)9-13(12)14-4/h5-6,9-10H,7-8H2,1-4H3. The normalized spacial score (nSPS) is 10.6. The van der Waals surface area contributed by atoms with Crippen LogP contribution in [0.2, 0.25) is 0 Å². The fourth-order valence-electron chi connectivity index (χ4n) is 1.33. The van der Waals surface area contributed by atoms with Crippen molar-refractivity contribution < 1.29 is 14.2 Å². The monoisotopic (exact) mass is 224 g/mol. The molecule has 3 nitrogen and oxygen atoms in total. The average molecular weight is 224 g/mol. The van der Waals surface area contributed by atoms with Gasteiger partial charge in [-0.3, -0.25) is 0 Å². The first-order valence-corrected chi connectivity index (χ1v) is 5.52. The van der Waals surface area contributed by atoms with Crippen molar-refractivity contribution in [3.63, 3.8) is 0 Å². The Labute approximate surface area is 97.3 Å². The van der Waals surface area contributed by atoms with Crippen molar-refractivity contribution in [3.05, 3.63) is 23.8 Å². The molecule has 0 aromatic heterocycles. The first-order chi connectivity index (χ1) is 7.63. The third-order valence-corrected chi connectivity index (χ3v) is 2.11. The number of rotatable bonds is 6. The molecule has 1 rings (SSSR count). The molecule has 0 N–H and O–H groups in total. The van der Waals surface area contributed by atoms with Crippen LogP contribution in [0.4, 0.5) is 0 Å². The Morgan fingerprint density at radius 2 is 1.88 bits per heavy atom. The summed E-state index contributed by atoms with van der Waals surface area (Å²) in [6.07, 6.45) is 0.239. The number of ether oxygens (including phenoxy) is 3. The first kappa shape index (κ1) is 12.8. The summed E-state index contributed by atoms with van der Waals surface area (Å²) in [6.45, 7) is 7.17. The molecule has 0 aliphatic heterocycles. The van der Waals surface area contributed by atoms with Gasteiger partial charge in [0, 0.05) is 0 Å². The summed E-state index contributed by atoms with van der Waals surface area (Å²) in [5, 5.41) is 0. The zero-order chi connectivity index (χ0) is 12.0.